The van der Waals surface area contributed by atoms with Crippen LogP contribution in [0.15, 0.2) is 36.5 Å². The number of likely N-dealkylation sites (N-methyl/N-ethyl adjacent to an activating group) is 1. The maximum absolute atomic E-state index is 13.0. The van der Waals surface area contributed by atoms with Crippen molar-refractivity contribution >= 4 is 58.3 Å². The van der Waals surface area contributed by atoms with Gasteiger partial charge < -0.3 is 20.4 Å². The molecule has 2 fully saturated rings. The van der Waals surface area contributed by atoms with E-state index in [4.69, 9.17) is 4.98 Å². The molecule has 3 N–H and O–H groups in total. The summed E-state index contributed by atoms with van der Waals surface area (Å²) in [6, 6.07) is 9.27. The number of fused-ring (bicyclic) bond motifs is 1. The topological polar surface area (TPSA) is 136 Å². The Morgan fingerprint density at radius 1 is 0.958 bits per heavy atom. The van der Waals surface area contributed by atoms with Crippen molar-refractivity contribution in [2.75, 3.05) is 68.1 Å². The number of benzene rings is 1. The molecule has 0 radical (unpaired) electrons. The minimum absolute atomic E-state index is 0.235. The normalized spacial score (nSPS) is 16.6. The highest BCUT2D eigenvalue weighted by Gasteiger charge is 2.41. The van der Waals surface area contributed by atoms with Gasteiger partial charge in [-0.2, -0.15) is 9.29 Å². The quantitative estimate of drug-likeness (QED) is 0.213. The summed E-state index contributed by atoms with van der Waals surface area (Å²) in [7, 11) is -3.20. The molecule has 2 amide bonds. The van der Waals surface area contributed by atoms with E-state index < -0.39 is 24.1 Å². The van der Waals surface area contributed by atoms with Crippen LogP contribution in [0.4, 0.5) is 27.9 Å². The maximum atomic E-state index is 13.0. The van der Waals surface area contributed by atoms with Gasteiger partial charge in [0, 0.05) is 62.4 Å². The Hall–Kier alpha value is -3.77. The first kappa shape index (κ1) is 35.5. The molecule has 2 aliphatic heterocycles. The highest BCUT2D eigenvalue weighted by atomic mass is 32.2. The summed E-state index contributed by atoms with van der Waals surface area (Å²) in [6.45, 7) is 18.2. The van der Waals surface area contributed by atoms with E-state index in [0.717, 1.165) is 38.1 Å². The zero-order valence-corrected chi connectivity index (χ0v) is 31.1. The Labute approximate surface area is 286 Å². The minimum atomic E-state index is -3.28. The Balaban J connectivity index is 1.43. The van der Waals surface area contributed by atoms with Crippen molar-refractivity contribution in [1.82, 2.24) is 29.5 Å². The van der Waals surface area contributed by atoms with Crippen LogP contribution in [0.2, 0.25) is 16.6 Å². The predicted octanol–water partition coefficient (Wildman–Crippen LogP) is 4.86. The van der Waals surface area contributed by atoms with Gasteiger partial charge >= 0.3 is 6.03 Å². The molecule has 258 valence electrons. The van der Waals surface area contributed by atoms with Crippen LogP contribution in [-0.4, -0.2) is 105 Å². The van der Waals surface area contributed by atoms with E-state index >= 15 is 0 Å². The average Bonchev–Trinajstić information content (AvgIpc) is 2.98. The van der Waals surface area contributed by atoms with Crippen LogP contribution in [0, 0.1) is 11.5 Å². The van der Waals surface area contributed by atoms with Gasteiger partial charge in [-0.25, -0.2) is 23.2 Å². The summed E-state index contributed by atoms with van der Waals surface area (Å²) in [5.41, 5.74) is 8.26. The number of sulfonamides is 1. The number of rotatable bonds is 9. The number of nitrogens with zero attached hydrogens (tertiary/aromatic N) is 6. The first-order valence-electron chi connectivity index (χ1n) is 16.7. The lowest BCUT2D eigenvalue weighted by Crippen LogP contribution is -2.61. The highest BCUT2D eigenvalue weighted by molar-refractivity contribution is 7.88. The Kier molecular flexibility index (Phi) is 10.6. The Morgan fingerprint density at radius 3 is 2.17 bits per heavy atom. The van der Waals surface area contributed by atoms with Crippen molar-refractivity contribution in [3.63, 3.8) is 0 Å². The monoisotopic (exact) mass is 691 g/mol. The number of carbonyl (C=O) groups is 1. The SMILES string of the molecule is CC(C)[Si](C#Cc1cc(NC(=O)NC2CN(S(C)(=O)=O)C2)nc2nc(Nc3ccc(N4CCN(C)CC4)cc3)ncc12)(C(C)C)C(C)C. The molecule has 5 rings (SSSR count). The fraction of sp³-hybridized carbons (Fsp3) is 0.529. The summed E-state index contributed by atoms with van der Waals surface area (Å²) in [6.07, 6.45) is 2.90. The molecule has 0 saturated carbocycles. The largest absolute Gasteiger partial charge is 0.369 e. The Bertz CT molecular complexity index is 1770. The van der Waals surface area contributed by atoms with Crippen LogP contribution in [-0.2, 0) is 10.0 Å². The fourth-order valence-electron chi connectivity index (χ4n) is 6.93. The van der Waals surface area contributed by atoms with Crippen molar-refractivity contribution in [2.45, 2.75) is 64.2 Å². The fourth-order valence-corrected chi connectivity index (χ4v) is 13.1. The second-order valence-electron chi connectivity index (χ2n) is 14.0. The smallest absolute Gasteiger partial charge is 0.320 e. The summed E-state index contributed by atoms with van der Waals surface area (Å²) in [5, 5.41) is 9.66. The Morgan fingerprint density at radius 2 is 1.58 bits per heavy atom. The van der Waals surface area contributed by atoms with Crippen LogP contribution in [0.25, 0.3) is 11.0 Å². The highest BCUT2D eigenvalue weighted by Crippen LogP contribution is 2.41. The summed E-state index contributed by atoms with van der Waals surface area (Å²) in [4.78, 5) is 31.7. The third-order valence-corrected chi connectivity index (χ3v) is 17.3. The molecule has 48 heavy (non-hydrogen) atoms. The van der Waals surface area contributed by atoms with E-state index in [1.165, 1.54) is 9.99 Å². The summed E-state index contributed by atoms with van der Waals surface area (Å²) >= 11 is 0. The van der Waals surface area contributed by atoms with Crippen LogP contribution in [0.1, 0.15) is 47.1 Å². The van der Waals surface area contributed by atoms with Gasteiger partial charge in [-0.05, 0) is 54.0 Å². The molecule has 0 aliphatic carbocycles. The lowest BCUT2D eigenvalue weighted by atomic mass is 10.2. The second-order valence-corrected chi connectivity index (χ2v) is 21.5. The van der Waals surface area contributed by atoms with Gasteiger partial charge in [0.2, 0.25) is 16.0 Å². The number of pyridine rings is 1. The lowest BCUT2D eigenvalue weighted by Gasteiger charge is -2.38. The van der Waals surface area contributed by atoms with E-state index in [9.17, 15) is 13.2 Å². The number of nitrogens with one attached hydrogen (secondary N) is 3. The van der Waals surface area contributed by atoms with Crippen LogP contribution in [0.3, 0.4) is 0 Å². The number of piperazine rings is 1. The first-order valence-corrected chi connectivity index (χ1v) is 20.8. The molecule has 14 heteroatoms. The minimum Gasteiger partial charge on any atom is -0.369 e. The number of aromatic nitrogens is 3. The molecule has 2 aliphatic rings. The number of hydrogen-bond acceptors (Lipinski definition) is 9. The standard InChI is InChI=1S/C34H49N9O3SSi/c1-23(2)48(24(3)4,25(5)6)18-13-26-19-31(39-34(44)37-28-21-43(22-28)47(8,45)46)38-32-30(26)20-35-33(40-32)36-27-9-11-29(12-10-27)42-16-14-41(7)15-17-42/h9-12,19-20,23-25,28H,14-17,21-22H2,1-8H3,(H3,35,36,37,38,39,40,44). The third kappa shape index (κ3) is 7.91. The number of amides is 2. The van der Waals surface area contributed by atoms with E-state index in [1.54, 1.807) is 12.3 Å². The van der Waals surface area contributed by atoms with Crippen LogP contribution < -0.4 is 20.9 Å². The number of carbonyl (C=O) groups excluding carboxylic acids is 1. The van der Waals surface area contributed by atoms with Crippen molar-refractivity contribution < 1.29 is 13.2 Å². The molecular formula is C34H49N9O3SSi. The molecule has 0 spiro atoms. The molecule has 2 aromatic heterocycles. The second kappa shape index (κ2) is 14.4. The van der Waals surface area contributed by atoms with Gasteiger partial charge in [-0.1, -0.05) is 47.5 Å². The molecule has 0 atom stereocenters. The van der Waals surface area contributed by atoms with Gasteiger partial charge in [0.1, 0.15) is 13.9 Å². The number of urea groups is 1. The average molecular weight is 692 g/mol. The van der Waals surface area contributed by atoms with E-state index in [2.05, 4.69) is 108 Å². The van der Waals surface area contributed by atoms with Crippen molar-refractivity contribution in [3.8, 4) is 11.5 Å². The zero-order valence-electron chi connectivity index (χ0n) is 29.3. The van der Waals surface area contributed by atoms with E-state index in [0.29, 0.717) is 45.0 Å². The molecule has 0 bridgehead atoms. The van der Waals surface area contributed by atoms with Crippen molar-refractivity contribution in [2.24, 2.45) is 0 Å². The van der Waals surface area contributed by atoms with E-state index in [1.807, 2.05) is 12.1 Å². The lowest BCUT2D eigenvalue weighted by molar-refractivity contribution is 0.214. The molecule has 4 heterocycles. The maximum Gasteiger partial charge on any atom is 0.320 e. The number of anilines is 4. The van der Waals surface area contributed by atoms with Gasteiger partial charge in [-0.3, -0.25) is 5.32 Å². The van der Waals surface area contributed by atoms with Gasteiger partial charge in [-0.15, -0.1) is 5.54 Å². The molecule has 1 aromatic carbocycles. The van der Waals surface area contributed by atoms with Crippen molar-refractivity contribution in [1.29, 1.82) is 0 Å². The molecule has 3 aromatic rings. The molecule has 0 unspecified atom stereocenters. The molecule has 2 saturated heterocycles. The van der Waals surface area contributed by atoms with Gasteiger partial charge in [0.15, 0.2) is 5.65 Å². The summed E-state index contributed by atoms with van der Waals surface area (Å²) < 4.78 is 24.8. The predicted molar refractivity (Wildman–Crippen MR) is 197 cm³/mol. The molecule has 12 nitrogen and oxygen atoms in total. The van der Waals surface area contributed by atoms with Gasteiger partial charge in [0.25, 0.3) is 0 Å². The molecular weight excluding hydrogens is 643 g/mol. The first-order chi connectivity index (χ1) is 22.6. The third-order valence-electron chi connectivity index (χ3n) is 9.73. The zero-order chi connectivity index (χ0) is 34.8. The van der Waals surface area contributed by atoms with Gasteiger partial charge in [0.05, 0.1) is 17.7 Å². The van der Waals surface area contributed by atoms with E-state index in [-0.39, 0.29) is 19.1 Å². The number of hydrogen-bond donors (Lipinski definition) is 3. The summed E-state index contributed by atoms with van der Waals surface area (Å²) in [5.74, 6) is 4.18. The van der Waals surface area contributed by atoms with Crippen LogP contribution in [0.5, 0.6) is 0 Å². The van der Waals surface area contributed by atoms with Crippen LogP contribution >= 0.6 is 0 Å². The van der Waals surface area contributed by atoms with Crippen molar-refractivity contribution in [3.05, 3.63) is 42.1 Å².